The molecule has 0 heterocycles. The highest BCUT2D eigenvalue weighted by Crippen LogP contribution is 2.12. The summed E-state index contributed by atoms with van der Waals surface area (Å²) in [6.07, 6.45) is 1.81. The lowest BCUT2D eigenvalue weighted by atomic mass is 10.1. The van der Waals surface area contributed by atoms with Crippen LogP contribution in [0.1, 0.15) is 5.56 Å². The molecule has 1 aromatic carbocycles. The van der Waals surface area contributed by atoms with Crippen LogP contribution in [0.3, 0.4) is 0 Å². The van der Waals surface area contributed by atoms with Crippen LogP contribution in [-0.2, 0) is 16.4 Å². The molecule has 0 aliphatic carbocycles. The Bertz CT molecular complexity index is 414. The van der Waals surface area contributed by atoms with Crippen molar-refractivity contribution in [3.63, 3.8) is 0 Å². The van der Waals surface area contributed by atoms with E-state index in [1.165, 1.54) is 0 Å². The zero-order valence-corrected chi connectivity index (χ0v) is 9.67. The van der Waals surface area contributed by atoms with Crippen molar-refractivity contribution in [1.82, 2.24) is 4.72 Å². The highest BCUT2D eigenvalue weighted by Gasteiger charge is 2.00. The van der Waals surface area contributed by atoms with Gasteiger partial charge >= 0.3 is 0 Å². The van der Waals surface area contributed by atoms with Crippen molar-refractivity contribution < 1.29 is 13.2 Å². The topological polar surface area (TPSA) is 55.4 Å². The average Bonchev–Trinajstić information content (AvgIpc) is 2.16. The molecular formula is C10H15NO3S. The van der Waals surface area contributed by atoms with E-state index in [2.05, 4.69) is 4.72 Å². The van der Waals surface area contributed by atoms with Gasteiger partial charge < -0.3 is 4.74 Å². The molecule has 0 saturated heterocycles. The maximum absolute atomic E-state index is 10.8. The van der Waals surface area contributed by atoms with Crippen LogP contribution in [0.4, 0.5) is 0 Å². The highest BCUT2D eigenvalue weighted by molar-refractivity contribution is 7.88. The highest BCUT2D eigenvalue weighted by atomic mass is 32.2. The van der Waals surface area contributed by atoms with E-state index >= 15 is 0 Å². The van der Waals surface area contributed by atoms with Crippen molar-refractivity contribution in [1.29, 1.82) is 0 Å². The smallest absolute Gasteiger partial charge is 0.208 e. The molecule has 5 heteroatoms. The molecule has 15 heavy (non-hydrogen) atoms. The molecule has 0 aliphatic heterocycles. The Morgan fingerprint density at radius 1 is 1.40 bits per heavy atom. The summed E-state index contributed by atoms with van der Waals surface area (Å²) >= 11 is 0. The second-order valence-corrected chi connectivity index (χ2v) is 5.10. The molecule has 0 bridgehead atoms. The van der Waals surface area contributed by atoms with E-state index in [1.54, 1.807) is 7.11 Å². The van der Waals surface area contributed by atoms with E-state index in [0.717, 1.165) is 17.6 Å². The molecule has 0 atom stereocenters. The van der Waals surface area contributed by atoms with Crippen LogP contribution in [0.25, 0.3) is 0 Å². The van der Waals surface area contributed by atoms with E-state index in [9.17, 15) is 8.42 Å². The van der Waals surface area contributed by atoms with Gasteiger partial charge in [0.1, 0.15) is 5.75 Å². The van der Waals surface area contributed by atoms with Gasteiger partial charge in [0.2, 0.25) is 10.0 Å². The lowest BCUT2D eigenvalue weighted by Gasteiger charge is -2.04. The quantitative estimate of drug-likeness (QED) is 0.812. The standard InChI is InChI=1S/C10H15NO3S/c1-14-10-5-3-4-9(8-10)6-7-11-15(2,12)13/h3-5,8,11H,6-7H2,1-2H3. The van der Waals surface area contributed by atoms with Crippen LogP contribution in [0.2, 0.25) is 0 Å². The third kappa shape index (κ3) is 4.80. The Morgan fingerprint density at radius 3 is 2.73 bits per heavy atom. The van der Waals surface area contributed by atoms with E-state index < -0.39 is 10.0 Å². The van der Waals surface area contributed by atoms with Gasteiger partial charge in [-0.25, -0.2) is 13.1 Å². The minimum absolute atomic E-state index is 0.409. The van der Waals surface area contributed by atoms with Gasteiger partial charge in [-0.05, 0) is 24.1 Å². The minimum atomic E-state index is -3.09. The number of ether oxygens (including phenoxy) is 1. The lowest BCUT2D eigenvalue weighted by Crippen LogP contribution is -2.24. The van der Waals surface area contributed by atoms with Crippen molar-refractivity contribution >= 4 is 10.0 Å². The summed E-state index contributed by atoms with van der Waals surface area (Å²) in [6.45, 7) is 0.409. The Balaban J connectivity index is 2.51. The molecule has 1 rings (SSSR count). The maximum Gasteiger partial charge on any atom is 0.208 e. The fourth-order valence-corrected chi connectivity index (χ4v) is 1.68. The van der Waals surface area contributed by atoms with Crippen molar-refractivity contribution in [2.24, 2.45) is 0 Å². The van der Waals surface area contributed by atoms with Gasteiger partial charge in [-0.2, -0.15) is 0 Å². The Labute approximate surface area is 90.3 Å². The van der Waals surface area contributed by atoms with Crippen molar-refractivity contribution in [2.45, 2.75) is 6.42 Å². The zero-order chi connectivity index (χ0) is 11.3. The van der Waals surface area contributed by atoms with Crippen LogP contribution < -0.4 is 9.46 Å². The number of hydrogen-bond donors (Lipinski definition) is 1. The largest absolute Gasteiger partial charge is 0.497 e. The zero-order valence-electron chi connectivity index (χ0n) is 8.86. The summed E-state index contributed by atoms with van der Waals surface area (Å²) in [5.41, 5.74) is 1.05. The first-order valence-corrected chi connectivity index (χ1v) is 6.48. The van der Waals surface area contributed by atoms with Gasteiger partial charge in [-0.3, -0.25) is 0 Å². The Hall–Kier alpha value is -1.07. The second-order valence-electron chi connectivity index (χ2n) is 3.27. The molecule has 0 saturated carbocycles. The monoisotopic (exact) mass is 229 g/mol. The molecule has 0 radical (unpaired) electrons. The average molecular weight is 229 g/mol. The van der Waals surface area contributed by atoms with Gasteiger partial charge in [0, 0.05) is 6.54 Å². The summed E-state index contributed by atoms with van der Waals surface area (Å²) in [5.74, 6) is 0.784. The van der Waals surface area contributed by atoms with E-state index in [4.69, 9.17) is 4.74 Å². The van der Waals surface area contributed by atoms with Crippen LogP contribution >= 0.6 is 0 Å². The van der Waals surface area contributed by atoms with Crippen molar-refractivity contribution in [3.8, 4) is 5.75 Å². The maximum atomic E-state index is 10.8. The molecule has 84 valence electrons. The summed E-state index contributed by atoms with van der Waals surface area (Å²) < 4.78 is 29.1. The van der Waals surface area contributed by atoms with Gasteiger partial charge in [0.15, 0.2) is 0 Å². The fraction of sp³-hybridized carbons (Fsp3) is 0.400. The molecule has 0 unspecified atom stereocenters. The third-order valence-electron chi connectivity index (χ3n) is 1.91. The van der Waals surface area contributed by atoms with Crippen LogP contribution in [0.5, 0.6) is 5.75 Å². The predicted octanol–water partition coefficient (Wildman–Crippen LogP) is 0.787. The first-order chi connectivity index (χ1) is 7.01. The van der Waals surface area contributed by atoms with Crippen LogP contribution in [0.15, 0.2) is 24.3 Å². The first kappa shape index (κ1) is 12.0. The number of methoxy groups -OCH3 is 1. The molecule has 1 N–H and O–H groups in total. The Kier molecular flexibility index (Phi) is 4.11. The number of hydrogen-bond acceptors (Lipinski definition) is 3. The SMILES string of the molecule is COc1cccc(CCNS(C)(=O)=O)c1. The molecule has 0 amide bonds. The first-order valence-electron chi connectivity index (χ1n) is 4.59. The number of benzene rings is 1. The summed E-state index contributed by atoms with van der Waals surface area (Å²) in [4.78, 5) is 0. The van der Waals surface area contributed by atoms with Gasteiger partial charge in [0.25, 0.3) is 0 Å². The molecular weight excluding hydrogens is 214 g/mol. The molecule has 0 aromatic heterocycles. The normalized spacial score (nSPS) is 11.3. The predicted molar refractivity (Wildman–Crippen MR) is 59.5 cm³/mol. The third-order valence-corrected chi connectivity index (χ3v) is 2.64. The number of nitrogens with one attached hydrogen (secondary N) is 1. The van der Waals surface area contributed by atoms with Crippen LogP contribution in [0, 0.1) is 0 Å². The second kappa shape index (κ2) is 5.14. The summed E-state index contributed by atoms with van der Waals surface area (Å²) in [7, 11) is -1.49. The molecule has 4 nitrogen and oxygen atoms in total. The van der Waals surface area contributed by atoms with Gasteiger partial charge in [-0.1, -0.05) is 12.1 Å². The summed E-state index contributed by atoms with van der Waals surface area (Å²) in [6, 6.07) is 7.57. The van der Waals surface area contributed by atoms with Crippen molar-refractivity contribution in [2.75, 3.05) is 19.9 Å². The van der Waals surface area contributed by atoms with E-state index in [1.807, 2.05) is 24.3 Å². The molecule has 0 fully saturated rings. The summed E-state index contributed by atoms with van der Waals surface area (Å²) in [5, 5.41) is 0. The van der Waals surface area contributed by atoms with Crippen molar-refractivity contribution in [3.05, 3.63) is 29.8 Å². The lowest BCUT2D eigenvalue weighted by molar-refractivity contribution is 0.414. The van der Waals surface area contributed by atoms with E-state index in [-0.39, 0.29) is 0 Å². The fourth-order valence-electron chi connectivity index (χ4n) is 1.21. The Morgan fingerprint density at radius 2 is 2.13 bits per heavy atom. The van der Waals surface area contributed by atoms with Gasteiger partial charge in [-0.15, -0.1) is 0 Å². The van der Waals surface area contributed by atoms with E-state index in [0.29, 0.717) is 13.0 Å². The van der Waals surface area contributed by atoms with Crippen LogP contribution in [-0.4, -0.2) is 28.3 Å². The molecule has 1 aromatic rings. The minimum Gasteiger partial charge on any atom is -0.497 e. The number of sulfonamides is 1. The molecule has 0 aliphatic rings. The molecule has 0 spiro atoms. The van der Waals surface area contributed by atoms with Gasteiger partial charge in [0.05, 0.1) is 13.4 Å². The number of rotatable bonds is 5.